The molecule has 2 heterocycles. The van der Waals surface area contributed by atoms with Crippen molar-refractivity contribution < 1.29 is 4.79 Å². The minimum atomic E-state index is -0.0441. The lowest BCUT2D eigenvalue weighted by atomic mass is 10.1. The van der Waals surface area contributed by atoms with E-state index < -0.39 is 0 Å². The molecule has 0 saturated carbocycles. The molecule has 3 rings (SSSR count). The molecule has 3 nitrogen and oxygen atoms in total. The lowest BCUT2D eigenvalue weighted by Crippen LogP contribution is -2.42. The summed E-state index contributed by atoms with van der Waals surface area (Å²) >= 11 is 6.21. The number of hydrogen-bond donors (Lipinski definition) is 0. The Morgan fingerprint density at radius 2 is 2.18 bits per heavy atom. The Hall–Kier alpha value is -1.22. The SMILES string of the molecule is CN1CCCN2c3cccc(Cl)c3CC2C1=O. The van der Waals surface area contributed by atoms with E-state index in [1.165, 1.54) is 0 Å². The zero-order valence-corrected chi connectivity index (χ0v) is 10.6. The summed E-state index contributed by atoms with van der Waals surface area (Å²) < 4.78 is 0. The number of rotatable bonds is 0. The van der Waals surface area contributed by atoms with Crippen LogP contribution in [-0.4, -0.2) is 37.0 Å². The molecule has 1 aromatic carbocycles. The maximum atomic E-state index is 12.2. The third kappa shape index (κ3) is 1.61. The highest BCUT2D eigenvalue weighted by atomic mass is 35.5. The summed E-state index contributed by atoms with van der Waals surface area (Å²) in [6.45, 7) is 1.79. The van der Waals surface area contributed by atoms with Gasteiger partial charge < -0.3 is 9.80 Å². The van der Waals surface area contributed by atoms with Crippen molar-refractivity contribution in [3.8, 4) is 0 Å². The van der Waals surface area contributed by atoms with Crippen LogP contribution < -0.4 is 4.90 Å². The lowest BCUT2D eigenvalue weighted by molar-refractivity contribution is -0.130. The Morgan fingerprint density at radius 3 is 3.00 bits per heavy atom. The van der Waals surface area contributed by atoms with Crippen molar-refractivity contribution in [1.29, 1.82) is 0 Å². The number of benzene rings is 1. The highest BCUT2D eigenvalue weighted by molar-refractivity contribution is 6.32. The van der Waals surface area contributed by atoms with Gasteiger partial charge in [0.15, 0.2) is 0 Å². The summed E-state index contributed by atoms with van der Waals surface area (Å²) in [5, 5.41) is 0.783. The average molecular weight is 251 g/mol. The van der Waals surface area contributed by atoms with Gasteiger partial charge in [0, 0.05) is 37.3 Å². The third-order valence-electron chi connectivity index (χ3n) is 3.73. The van der Waals surface area contributed by atoms with E-state index in [2.05, 4.69) is 11.0 Å². The van der Waals surface area contributed by atoms with Crippen LogP contribution in [0.25, 0.3) is 0 Å². The predicted octanol–water partition coefficient (Wildman–Crippen LogP) is 1.93. The van der Waals surface area contributed by atoms with Crippen LogP contribution in [0.15, 0.2) is 18.2 Å². The highest BCUT2D eigenvalue weighted by Gasteiger charge is 2.38. The number of carbonyl (C=O) groups excluding carboxylic acids is 1. The molecule has 0 bridgehead atoms. The fourth-order valence-corrected chi connectivity index (χ4v) is 3.08. The maximum Gasteiger partial charge on any atom is 0.245 e. The van der Waals surface area contributed by atoms with Gasteiger partial charge in [0.2, 0.25) is 5.91 Å². The number of nitrogens with zero attached hydrogens (tertiary/aromatic N) is 2. The van der Waals surface area contributed by atoms with Gasteiger partial charge >= 0.3 is 0 Å². The molecule has 1 amide bonds. The summed E-state index contributed by atoms with van der Waals surface area (Å²) in [5.74, 6) is 0.217. The van der Waals surface area contributed by atoms with Crippen LogP contribution in [0.2, 0.25) is 5.02 Å². The molecule has 1 atom stereocenters. The van der Waals surface area contributed by atoms with Crippen LogP contribution in [0, 0.1) is 0 Å². The first-order chi connectivity index (χ1) is 8.18. The van der Waals surface area contributed by atoms with Crippen molar-refractivity contribution in [2.75, 3.05) is 25.0 Å². The molecule has 0 aliphatic carbocycles. The van der Waals surface area contributed by atoms with Gasteiger partial charge in [-0.3, -0.25) is 4.79 Å². The minimum Gasteiger partial charge on any atom is -0.359 e. The standard InChI is InChI=1S/C13H15ClN2O/c1-15-6-3-7-16-11-5-2-4-10(14)9(11)8-12(16)13(15)17/h2,4-5,12H,3,6-8H2,1H3. The number of hydrogen-bond acceptors (Lipinski definition) is 2. The first-order valence-corrected chi connectivity index (χ1v) is 6.35. The van der Waals surface area contributed by atoms with E-state index in [0.717, 1.165) is 42.2 Å². The van der Waals surface area contributed by atoms with Crippen LogP contribution >= 0.6 is 11.6 Å². The molecule has 90 valence electrons. The molecule has 1 unspecified atom stereocenters. The van der Waals surface area contributed by atoms with Crippen molar-refractivity contribution in [2.45, 2.75) is 18.9 Å². The first-order valence-electron chi connectivity index (χ1n) is 5.97. The van der Waals surface area contributed by atoms with Crippen LogP contribution in [-0.2, 0) is 11.2 Å². The van der Waals surface area contributed by atoms with Crippen LogP contribution in [0.4, 0.5) is 5.69 Å². The van der Waals surface area contributed by atoms with Gasteiger partial charge in [0.25, 0.3) is 0 Å². The summed E-state index contributed by atoms with van der Waals surface area (Å²) in [5.41, 5.74) is 2.27. The molecule has 17 heavy (non-hydrogen) atoms. The van der Waals surface area contributed by atoms with Gasteiger partial charge in [0.05, 0.1) is 0 Å². The molecule has 0 N–H and O–H groups in total. The molecule has 0 aromatic heterocycles. The summed E-state index contributed by atoms with van der Waals surface area (Å²) in [6, 6.07) is 5.89. The van der Waals surface area contributed by atoms with Gasteiger partial charge in [-0.25, -0.2) is 0 Å². The van der Waals surface area contributed by atoms with E-state index in [4.69, 9.17) is 11.6 Å². The van der Waals surface area contributed by atoms with Crippen molar-refractivity contribution in [2.24, 2.45) is 0 Å². The first kappa shape index (κ1) is 10.9. The predicted molar refractivity (Wildman–Crippen MR) is 68.5 cm³/mol. The average Bonchev–Trinajstić information content (AvgIpc) is 2.62. The van der Waals surface area contributed by atoms with E-state index in [0.29, 0.717) is 0 Å². The van der Waals surface area contributed by atoms with E-state index in [9.17, 15) is 4.79 Å². The van der Waals surface area contributed by atoms with Gasteiger partial charge in [-0.1, -0.05) is 17.7 Å². The van der Waals surface area contributed by atoms with Crippen molar-refractivity contribution in [3.05, 3.63) is 28.8 Å². The monoisotopic (exact) mass is 250 g/mol. The molecule has 0 radical (unpaired) electrons. The molecule has 4 heteroatoms. The number of amides is 1. The van der Waals surface area contributed by atoms with Crippen molar-refractivity contribution in [1.82, 2.24) is 4.90 Å². The Kier molecular flexibility index (Phi) is 2.51. The molecule has 1 saturated heterocycles. The fraction of sp³-hybridized carbons (Fsp3) is 0.462. The highest BCUT2D eigenvalue weighted by Crippen LogP contribution is 2.38. The van der Waals surface area contributed by atoms with Gasteiger partial charge in [0.1, 0.15) is 6.04 Å². The van der Waals surface area contributed by atoms with E-state index in [1.807, 2.05) is 24.1 Å². The van der Waals surface area contributed by atoms with Crippen LogP contribution in [0.3, 0.4) is 0 Å². The second kappa shape index (κ2) is 3.91. The molecule has 1 fully saturated rings. The van der Waals surface area contributed by atoms with Crippen LogP contribution in [0.1, 0.15) is 12.0 Å². The maximum absolute atomic E-state index is 12.2. The summed E-state index contributed by atoms with van der Waals surface area (Å²) in [7, 11) is 1.89. The Labute approximate surface area is 106 Å². The molecule has 2 aliphatic rings. The van der Waals surface area contributed by atoms with Crippen LogP contribution in [0.5, 0.6) is 0 Å². The minimum absolute atomic E-state index is 0.0441. The zero-order chi connectivity index (χ0) is 12.0. The number of halogens is 1. The summed E-state index contributed by atoms with van der Waals surface area (Å²) in [4.78, 5) is 16.3. The Morgan fingerprint density at radius 1 is 1.35 bits per heavy atom. The second-order valence-corrected chi connectivity index (χ2v) is 5.17. The van der Waals surface area contributed by atoms with Gasteiger partial charge in [-0.05, 0) is 24.1 Å². The van der Waals surface area contributed by atoms with E-state index in [1.54, 1.807) is 0 Å². The number of carbonyl (C=O) groups is 1. The topological polar surface area (TPSA) is 23.6 Å². The van der Waals surface area contributed by atoms with Crippen molar-refractivity contribution in [3.63, 3.8) is 0 Å². The summed E-state index contributed by atoms with van der Waals surface area (Å²) in [6.07, 6.45) is 1.77. The smallest absolute Gasteiger partial charge is 0.245 e. The molecular weight excluding hydrogens is 236 g/mol. The molecule has 0 spiro atoms. The number of likely N-dealkylation sites (N-methyl/N-ethyl adjacent to an activating group) is 1. The van der Waals surface area contributed by atoms with E-state index in [-0.39, 0.29) is 11.9 Å². The number of fused-ring (bicyclic) bond motifs is 3. The molecular formula is C13H15ClN2O. The Balaban J connectivity index is 2.03. The second-order valence-electron chi connectivity index (χ2n) is 4.76. The fourth-order valence-electron chi connectivity index (χ4n) is 2.83. The molecule has 2 aliphatic heterocycles. The normalized spacial score (nSPS) is 23.4. The van der Waals surface area contributed by atoms with Gasteiger partial charge in [-0.15, -0.1) is 0 Å². The lowest BCUT2D eigenvalue weighted by Gasteiger charge is -2.24. The molecule has 1 aromatic rings. The van der Waals surface area contributed by atoms with Crippen molar-refractivity contribution >= 4 is 23.2 Å². The Bertz CT molecular complexity index is 474. The number of anilines is 1. The quantitative estimate of drug-likeness (QED) is 0.703. The van der Waals surface area contributed by atoms with Gasteiger partial charge in [-0.2, -0.15) is 0 Å². The largest absolute Gasteiger partial charge is 0.359 e. The third-order valence-corrected chi connectivity index (χ3v) is 4.09. The van der Waals surface area contributed by atoms with E-state index >= 15 is 0 Å². The zero-order valence-electron chi connectivity index (χ0n) is 9.82.